The Bertz CT molecular complexity index is 489. The molecule has 8 heteroatoms. The monoisotopic (exact) mass is 246 g/mol. The highest BCUT2D eigenvalue weighted by atomic mass is 32.2. The van der Waals surface area contributed by atoms with Crippen LogP contribution in [-0.4, -0.2) is 28.9 Å². The molecule has 0 radical (unpaired) electrons. The Labute approximate surface area is 92.3 Å². The molecule has 0 spiro atoms. The number of hydrogen-bond donors (Lipinski definition) is 3. The van der Waals surface area contributed by atoms with Crippen LogP contribution in [-0.2, 0) is 10.0 Å². The Morgan fingerprint density at radius 3 is 2.87 bits per heavy atom. The molecular formula is C7H10N4O2S2. The predicted molar refractivity (Wildman–Crippen MR) is 60.0 cm³/mol. The molecule has 0 atom stereocenters. The zero-order chi connectivity index (χ0) is 11.1. The second-order valence-corrected chi connectivity index (χ2v) is 5.77. The summed E-state index contributed by atoms with van der Waals surface area (Å²) in [6.07, 6.45) is 2.80. The van der Waals surface area contributed by atoms with Gasteiger partial charge in [-0.25, -0.2) is 8.42 Å². The van der Waals surface area contributed by atoms with Crippen LogP contribution in [0.3, 0.4) is 0 Å². The predicted octanol–water partition coefficient (Wildman–Crippen LogP) is -0.0520. The molecule has 0 amide bonds. The SMILES string of the molecule is NC(=S)c1cn[nH]c1NS(=O)(=O)C1CC1. The first-order valence-electron chi connectivity index (χ1n) is 4.35. The summed E-state index contributed by atoms with van der Waals surface area (Å²) in [5.74, 6) is 0.245. The Morgan fingerprint density at radius 2 is 2.33 bits per heavy atom. The minimum absolute atomic E-state index is 0.109. The molecule has 0 bridgehead atoms. The van der Waals surface area contributed by atoms with E-state index >= 15 is 0 Å². The number of rotatable bonds is 4. The number of thiocarbonyl (C=S) groups is 1. The molecule has 1 aliphatic carbocycles. The number of aromatic nitrogens is 2. The average molecular weight is 246 g/mol. The van der Waals surface area contributed by atoms with Gasteiger partial charge in [-0.3, -0.25) is 9.82 Å². The molecule has 0 aromatic carbocycles. The van der Waals surface area contributed by atoms with E-state index < -0.39 is 10.0 Å². The number of nitrogens with one attached hydrogen (secondary N) is 2. The third-order valence-corrected chi connectivity index (χ3v) is 4.17. The van der Waals surface area contributed by atoms with Gasteiger partial charge in [-0.05, 0) is 12.8 Å². The van der Waals surface area contributed by atoms with Crippen LogP contribution in [0.2, 0.25) is 0 Å². The van der Waals surface area contributed by atoms with E-state index in [1.54, 1.807) is 0 Å². The van der Waals surface area contributed by atoms with Crippen LogP contribution in [0.25, 0.3) is 0 Å². The smallest absolute Gasteiger partial charge is 0.236 e. The lowest BCUT2D eigenvalue weighted by molar-refractivity contribution is 0.599. The highest BCUT2D eigenvalue weighted by Gasteiger charge is 2.36. The first kappa shape index (κ1) is 10.4. The Kier molecular flexibility index (Phi) is 2.39. The molecule has 1 saturated carbocycles. The molecule has 0 saturated heterocycles. The highest BCUT2D eigenvalue weighted by molar-refractivity contribution is 7.93. The normalized spacial score (nSPS) is 16.3. The third kappa shape index (κ3) is 2.10. The standard InChI is InChI=1S/C7H10N4O2S2/c8-6(14)5-3-9-10-7(5)11-15(12,13)4-1-2-4/h3-4H,1-2H2,(H2,8,14)(H2,9,10,11). The van der Waals surface area contributed by atoms with Crippen LogP contribution in [0.4, 0.5) is 5.82 Å². The molecule has 1 aliphatic rings. The summed E-state index contributed by atoms with van der Waals surface area (Å²) in [6.45, 7) is 0. The minimum atomic E-state index is -3.30. The first-order valence-corrected chi connectivity index (χ1v) is 6.31. The summed E-state index contributed by atoms with van der Waals surface area (Å²) in [5.41, 5.74) is 5.82. The fraction of sp³-hybridized carbons (Fsp3) is 0.429. The third-order valence-electron chi connectivity index (χ3n) is 2.11. The van der Waals surface area contributed by atoms with Gasteiger partial charge in [0.1, 0.15) is 10.8 Å². The summed E-state index contributed by atoms with van der Waals surface area (Å²) >= 11 is 4.76. The molecule has 6 nitrogen and oxygen atoms in total. The van der Waals surface area contributed by atoms with Crippen molar-refractivity contribution < 1.29 is 8.42 Å². The van der Waals surface area contributed by atoms with E-state index in [1.807, 2.05) is 0 Å². The average Bonchev–Trinajstić information content (AvgIpc) is 2.88. The van der Waals surface area contributed by atoms with Crippen molar-refractivity contribution >= 4 is 33.0 Å². The summed E-state index contributed by atoms with van der Waals surface area (Å²) in [5, 5.41) is 5.91. The largest absolute Gasteiger partial charge is 0.389 e. The maximum atomic E-state index is 11.6. The lowest BCUT2D eigenvalue weighted by Gasteiger charge is -2.05. The van der Waals surface area contributed by atoms with E-state index in [0.29, 0.717) is 18.4 Å². The number of nitrogens with two attached hydrogens (primary N) is 1. The molecule has 82 valence electrons. The lowest BCUT2D eigenvalue weighted by Crippen LogP contribution is -2.20. The van der Waals surface area contributed by atoms with Crippen LogP contribution in [0.15, 0.2) is 6.20 Å². The van der Waals surface area contributed by atoms with Crippen LogP contribution in [0.1, 0.15) is 18.4 Å². The quantitative estimate of drug-likeness (QED) is 0.646. The fourth-order valence-electron chi connectivity index (χ4n) is 1.15. The Hall–Kier alpha value is -1.15. The van der Waals surface area contributed by atoms with Gasteiger partial charge in [0.25, 0.3) is 0 Å². The molecule has 4 N–H and O–H groups in total. The number of anilines is 1. The first-order chi connectivity index (χ1) is 7.00. The van der Waals surface area contributed by atoms with Crippen LogP contribution in [0, 0.1) is 0 Å². The van der Waals surface area contributed by atoms with Crippen molar-refractivity contribution in [1.29, 1.82) is 0 Å². The molecule has 0 aliphatic heterocycles. The summed E-state index contributed by atoms with van der Waals surface area (Å²) < 4.78 is 25.6. The summed E-state index contributed by atoms with van der Waals surface area (Å²) in [6, 6.07) is 0. The van der Waals surface area contributed by atoms with E-state index in [0.717, 1.165) is 0 Å². The fourth-order valence-corrected chi connectivity index (χ4v) is 2.67. The summed E-state index contributed by atoms with van der Waals surface area (Å²) in [4.78, 5) is 0.109. The van der Waals surface area contributed by atoms with Crippen LogP contribution >= 0.6 is 12.2 Å². The van der Waals surface area contributed by atoms with Gasteiger partial charge in [0.05, 0.1) is 17.0 Å². The van der Waals surface area contributed by atoms with E-state index in [2.05, 4.69) is 14.9 Å². The van der Waals surface area contributed by atoms with Gasteiger partial charge in [-0.1, -0.05) is 12.2 Å². The van der Waals surface area contributed by atoms with E-state index in [9.17, 15) is 8.42 Å². The molecular weight excluding hydrogens is 236 g/mol. The molecule has 1 heterocycles. The van der Waals surface area contributed by atoms with Gasteiger partial charge in [0.15, 0.2) is 0 Å². The zero-order valence-electron chi connectivity index (χ0n) is 7.73. The van der Waals surface area contributed by atoms with Crippen molar-refractivity contribution in [1.82, 2.24) is 10.2 Å². The molecule has 15 heavy (non-hydrogen) atoms. The van der Waals surface area contributed by atoms with Crippen LogP contribution in [0.5, 0.6) is 0 Å². The van der Waals surface area contributed by atoms with Crippen LogP contribution < -0.4 is 10.5 Å². The number of aromatic amines is 1. The summed E-state index contributed by atoms with van der Waals surface area (Å²) in [7, 11) is -3.30. The van der Waals surface area contributed by atoms with E-state index in [1.165, 1.54) is 6.20 Å². The molecule has 2 rings (SSSR count). The van der Waals surface area contributed by atoms with Gasteiger partial charge in [0.2, 0.25) is 10.0 Å². The van der Waals surface area contributed by atoms with Crippen molar-refractivity contribution in [2.45, 2.75) is 18.1 Å². The van der Waals surface area contributed by atoms with Gasteiger partial charge < -0.3 is 5.73 Å². The lowest BCUT2D eigenvalue weighted by atomic mass is 10.3. The van der Waals surface area contributed by atoms with Gasteiger partial charge in [-0.15, -0.1) is 0 Å². The molecule has 1 aromatic rings. The van der Waals surface area contributed by atoms with Gasteiger partial charge >= 0.3 is 0 Å². The second-order valence-electron chi connectivity index (χ2n) is 3.37. The Balaban J connectivity index is 2.24. The van der Waals surface area contributed by atoms with Crippen molar-refractivity contribution in [2.75, 3.05) is 4.72 Å². The molecule has 1 fully saturated rings. The van der Waals surface area contributed by atoms with Gasteiger partial charge in [0, 0.05) is 0 Å². The molecule has 1 aromatic heterocycles. The van der Waals surface area contributed by atoms with Crippen molar-refractivity contribution in [2.24, 2.45) is 5.73 Å². The van der Waals surface area contributed by atoms with Crippen molar-refractivity contribution in [3.63, 3.8) is 0 Å². The number of sulfonamides is 1. The maximum absolute atomic E-state index is 11.6. The number of hydrogen-bond acceptors (Lipinski definition) is 4. The number of H-pyrrole nitrogens is 1. The Morgan fingerprint density at radius 1 is 1.67 bits per heavy atom. The topological polar surface area (TPSA) is 101 Å². The van der Waals surface area contributed by atoms with E-state index in [4.69, 9.17) is 18.0 Å². The maximum Gasteiger partial charge on any atom is 0.236 e. The molecule has 0 unspecified atom stereocenters. The highest BCUT2D eigenvalue weighted by Crippen LogP contribution is 2.29. The van der Waals surface area contributed by atoms with Crippen molar-refractivity contribution in [3.05, 3.63) is 11.8 Å². The minimum Gasteiger partial charge on any atom is -0.389 e. The van der Waals surface area contributed by atoms with Gasteiger partial charge in [-0.2, -0.15) is 5.10 Å². The zero-order valence-corrected chi connectivity index (χ0v) is 9.36. The van der Waals surface area contributed by atoms with E-state index in [-0.39, 0.29) is 16.1 Å². The number of nitrogens with zero attached hydrogens (tertiary/aromatic N) is 1. The second kappa shape index (κ2) is 3.46. The van der Waals surface area contributed by atoms with Crippen molar-refractivity contribution in [3.8, 4) is 0 Å².